The van der Waals surface area contributed by atoms with Gasteiger partial charge in [0.25, 0.3) is 0 Å². The molecule has 1 heterocycles. The summed E-state index contributed by atoms with van der Waals surface area (Å²) in [6, 6.07) is 4.99. The molecule has 0 spiro atoms. The molecule has 0 saturated carbocycles. The maximum atomic E-state index is 12.4. The van der Waals surface area contributed by atoms with Crippen molar-refractivity contribution in [2.45, 2.75) is 22.7 Å². The SMILES string of the molecule is O=S(=O)(c1ccc(NCC2(O)CCOC2)cc1)C(F)F. The Kier molecular flexibility index (Phi) is 4.26. The summed E-state index contributed by atoms with van der Waals surface area (Å²) >= 11 is 0. The monoisotopic (exact) mass is 307 g/mol. The number of alkyl halides is 2. The van der Waals surface area contributed by atoms with Crippen LogP contribution in [0.3, 0.4) is 0 Å². The third-order valence-corrected chi connectivity index (χ3v) is 4.52. The Morgan fingerprint density at radius 1 is 1.35 bits per heavy atom. The molecule has 0 aromatic heterocycles. The van der Waals surface area contributed by atoms with Crippen LogP contribution in [0.2, 0.25) is 0 Å². The molecule has 8 heteroatoms. The average Bonchev–Trinajstić information content (AvgIpc) is 2.84. The van der Waals surface area contributed by atoms with Gasteiger partial charge in [-0.15, -0.1) is 0 Å². The Morgan fingerprint density at radius 3 is 2.50 bits per heavy atom. The van der Waals surface area contributed by atoms with Gasteiger partial charge in [-0.1, -0.05) is 0 Å². The first-order chi connectivity index (χ1) is 9.33. The third-order valence-electron chi connectivity index (χ3n) is 3.12. The van der Waals surface area contributed by atoms with E-state index in [1.54, 1.807) is 0 Å². The Labute approximate surface area is 115 Å². The number of aliphatic hydroxyl groups is 1. The fraction of sp³-hybridized carbons (Fsp3) is 0.500. The largest absolute Gasteiger partial charge is 0.386 e. The molecule has 0 amide bonds. The Bertz CT molecular complexity index is 553. The number of rotatable bonds is 5. The number of hydrogen-bond acceptors (Lipinski definition) is 5. The van der Waals surface area contributed by atoms with Crippen LogP contribution in [0.1, 0.15) is 6.42 Å². The maximum Gasteiger partial charge on any atom is 0.341 e. The van der Waals surface area contributed by atoms with E-state index in [4.69, 9.17) is 4.74 Å². The maximum absolute atomic E-state index is 12.4. The van der Waals surface area contributed by atoms with Crippen molar-refractivity contribution in [1.82, 2.24) is 0 Å². The van der Waals surface area contributed by atoms with Crippen molar-refractivity contribution in [3.8, 4) is 0 Å². The van der Waals surface area contributed by atoms with E-state index in [1.165, 1.54) is 12.1 Å². The highest BCUT2D eigenvalue weighted by atomic mass is 32.2. The second-order valence-corrected chi connectivity index (χ2v) is 6.63. The molecule has 1 aromatic rings. The average molecular weight is 307 g/mol. The second-order valence-electron chi connectivity index (χ2n) is 4.71. The first-order valence-electron chi connectivity index (χ1n) is 6.00. The number of sulfone groups is 1. The van der Waals surface area contributed by atoms with Crippen LogP contribution >= 0.6 is 0 Å². The van der Waals surface area contributed by atoms with Crippen LogP contribution in [0.4, 0.5) is 14.5 Å². The lowest BCUT2D eigenvalue weighted by atomic mass is 10.0. The lowest BCUT2D eigenvalue weighted by Crippen LogP contribution is -2.37. The Morgan fingerprint density at radius 2 is 2.00 bits per heavy atom. The number of ether oxygens (including phenoxy) is 1. The number of anilines is 1. The minimum Gasteiger partial charge on any atom is -0.386 e. The molecule has 1 aliphatic heterocycles. The minimum atomic E-state index is -4.57. The zero-order valence-electron chi connectivity index (χ0n) is 10.6. The first-order valence-corrected chi connectivity index (χ1v) is 7.54. The zero-order chi connectivity index (χ0) is 14.8. The molecule has 1 aliphatic rings. The molecule has 5 nitrogen and oxygen atoms in total. The fourth-order valence-corrected chi connectivity index (χ4v) is 2.59. The molecule has 112 valence electrons. The van der Waals surface area contributed by atoms with Crippen LogP contribution in [0.25, 0.3) is 0 Å². The quantitative estimate of drug-likeness (QED) is 0.856. The highest BCUT2D eigenvalue weighted by molar-refractivity contribution is 7.91. The van der Waals surface area contributed by atoms with Crippen LogP contribution in [0.5, 0.6) is 0 Å². The van der Waals surface area contributed by atoms with Crippen molar-refractivity contribution < 1.29 is 27.0 Å². The molecule has 2 N–H and O–H groups in total. The molecule has 1 aromatic carbocycles. The Balaban J connectivity index is 2.02. The van der Waals surface area contributed by atoms with Crippen molar-refractivity contribution in [3.05, 3.63) is 24.3 Å². The van der Waals surface area contributed by atoms with E-state index >= 15 is 0 Å². The van der Waals surface area contributed by atoms with E-state index in [-0.39, 0.29) is 13.2 Å². The molecule has 1 atom stereocenters. The van der Waals surface area contributed by atoms with Crippen LogP contribution < -0.4 is 5.32 Å². The first kappa shape index (κ1) is 15.1. The minimum absolute atomic E-state index is 0.234. The lowest BCUT2D eigenvalue weighted by molar-refractivity contribution is 0.0382. The van der Waals surface area contributed by atoms with Crippen molar-refractivity contribution >= 4 is 15.5 Å². The van der Waals surface area contributed by atoms with Gasteiger partial charge in [0, 0.05) is 25.3 Å². The van der Waals surface area contributed by atoms with Crippen LogP contribution in [0, 0.1) is 0 Å². The smallest absolute Gasteiger partial charge is 0.341 e. The van der Waals surface area contributed by atoms with E-state index in [9.17, 15) is 22.3 Å². The van der Waals surface area contributed by atoms with Gasteiger partial charge in [-0.2, -0.15) is 8.78 Å². The standard InChI is InChI=1S/C12H15F2NO4S/c13-11(14)20(17,18)10-3-1-9(2-4-10)15-7-12(16)5-6-19-8-12/h1-4,11,15-16H,5-8H2. The summed E-state index contributed by atoms with van der Waals surface area (Å²) < 4.78 is 52.3. The van der Waals surface area contributed by atoms with Gasteiger partial charge < -0.3 is 15.2 Å². The third kappa shape index (κ3) is 3.25. The van der Waals surface area contributed by atoms with Gasteiger partial charge in [0.2, 0.25) is 9.84 Å². The molecule has 1 fully saturated rings. The highest BCUT2D eigenvalue weighted by Gasteiger charge is 2.32. The number of halogens is 2. The van der Waals surface area contributed by atoms with Crippen molar-refractivity contribution in [2.75, 3.05) is 25.1 Å². The van der Waals surface area contributed by atoms with Crippen molar-refractivity contribution in [2.24, 2.45) is 0 Å². The summed E-state index contributed by atoms with van der Waals surface area (Å²) in [5.74, 6) is -3.43. The van der Waals surface area contributed by atoms with E-state index in [1.807, 2.05) is 0 Å². The molecule has 0 bridgehead atoms. The summed E-state index contributed by atoms with van der Waals surface area (Å²) in [6.45, 7) is 0.968. The van der Waals surface area contributed by atoms with Crippen LogP contribution in [-0.2, 0) is 14.6 Å². The molecule has 1 saturated heterocycles. The lowest BCUT2D eigenvalue weighted by Gasteiger charge is -2.21. The number of hydrogen-bond donors (Lipinski definition) is 2. The summed E-state index contributed by atoms with van der Waals surface area (Å²) in [4.78, 5) is -0.430. The molecular formula is C12H15F2NO4S. The molecule has 1 unspecified atom stereocenters. The van der Waals surface area contributed by atoms with E-state index < -0.39 is 26.1 Å². The topological polar surface area (TPSA) is 75.6 Å². The van der Waals surface area contributed by atoms with Gasteiger partial charge >= 0.3 is 5.76 Å². The highest BCUT2D eigenvalue weighted by Crippen LogP contribution is 2.22. The zero-order valence-corrected chi connectivity index (χ0v) is 11.4. The van der Waals surface area contributed by atoms with Gasteiger partial charge in [-0.25, -0.2) is 8.42 Å². The Hall–Kier alpha value is -1.25. The van der Waals surface area contributed by atoms with Gasteiger partial charge in [-0.3, -0.25) is 0 Å². The van der Waals surface area contributed by atoms with Gasteiger partial charge in [-0.05, 0) is 24.3 Å². The van der Waals surface area contributed by atoms with Crippen LogP contribution in [0.15, 0.2) is 29.2 Å². The molecule has 0 radical (unpaired) electrons. The number of nitrogens with one attached hydrogen (secondary N) is 1. The van der Waals surface area contributed by atoms with Crippen molar-refractivity contribution in [3.63, 3.8) is 0 Å². The predicted octanol–water partition coefficient (Wildman–Crippen LogP) is 1.25. The molecule has 20 heavy (non-hydrogen) atoms. The number of benzene rings is 1. The van der Waals surface area contributed by atoms with E-state index in [0.717, 1.165) is 12.1 Å². The molecular weight excluding hydrogens is 292 g/mol. The fourth-order valence-electron chi connectivity index (χ4n) is 1.87. The predicted molar refractivity (Wildman–Crippen MR) is 68.5 cm³/mol. The molecule has 2 rings (SSSR count). The normalized spacial score (nSPS) is 23.2. The van der Waals surface area contributed by atoms with Gasteiger partial charge in [0.15, 0.2) is 0 Å². The summed E-state index contributed by atoms with van der Waals surface area (Å²) in [6.07, 6.45) is 0.512. The summed E-state index contributed by atoms with van der Waals surface area (Å²) in [5, 5.41) is 12.9. The van der Waals surface area contributed by atoms with Crippen LogP contribution in [-0.4, -0.2) is 44.6 Å². The summed E-state index contributed by atoms with van der Waals surface area (Å²) in [7, 11) is -4.57. The van der Waals surface area contributed by atoms with Gasteiger partial charge in [0.05, 0.1) is 11.5 Å². The van der Waals surface area contributed by atoms with E-state index in [2.05, 4.69) is 5.32 Å². The van der Waals surface area contributed by atoms with Gasteiger partial charge in [0.1, 0.15) is 5.60 Å². The van der Waals surface area contributed by atoms with E-state index in [0.29, 0.717) is 18.7 Å². The second kappa shape index (κ2) is 5.63. The van der Waals surface area contributed by atoms with Crippen molar-refractivity contribution in [1.29, 1.82) is 0 Å². The molecule has 0 aliphatic carbocycles. The summed E-state index contributed by atoms with van der Waals surface area (Å²) in [5.41, 5.74) is -0.410.